The van der Waals surface area contributed by atoms with E-state index in [0.29, 0.717) is 11.7 Å². The fraction of sp³-hybridized carbons (Fsp3) is 0.345. The highest BCUT2D eigenvalue weighted by Gasteiger charge is 2.63. The number of ether oxygens (including phenoxy) is 3. The van der Waals surface area contributed by atoms with Gasteiger partial charge in [0.05, 0.1) is 13.2 Å². The number of amides is 1. The minimum Gasteiger partial charge on any atom is -0.451 e. The monoisotopic (exact) mass is 563 g/mol. The third kappa shape index (κ3) is 3.78. The Bertz CT molecular complexity index is 1590. The number of benzene rings is 2. The van der Waals surface area contributed by atoms with E-state index in [0.717, 1.165) is 48.0 Å². The summed E-state index contributed by atoms with van der Waals surface area (Å²) in [6.07, 6.45) is 3.37. The van der Waals surface area contributed by atoms with Gasteiger partial charge in [0.1, 0.15) is 12.5 Å². The molecule has 0 N–H and O–H groups in total. The summed E-state index contributed by atoms with van der Waals surface area (Å²) in [6.45, 7) is -0.315. The Balaban J connectivity index is 1.40. The van der Waals surface area contributed by atoms with E-state index < -0.39 is 18.4 Å². The van der Waals surface area contributed by atoms with Crippen LogP contribution in [0.15, 0.2) is 64.4 Å². The fourth-order valence-electron chi connectivity index (χ4n) is 6.44. The molecular weight excluding hydrogens is 537 g/mol. The lowest BCUT2D eigenvalue weighted by Gasteiger charge is -2.67. The van der Waals surface area contributed by atoms with Crippen molar-refractivity contribution in [2.45, 2.75) is 41.5 Å². The Hall–Kier alpha value is -3.99. The number of nitrogens with zero attached hydrogens (tertiary/aromatic N) is 3. The van der Waals surface area contributed by atoms with Crippen molar-refractivity contribution in [1.29, 1.82) is 0 Å². The van der Waals surface area contributed by atoms with Crippen LogP contribution in [0.3, 0.4) is 0 Å². The summed E-state index contributed by atoms with van der Waals surface area (Å²) in [6, 6.07) is 13.8. The number of thioether (sulfide) groups is 1. The van der Waals surface area contributed by atoms with E-state index in [-0.39, 0.29) is 41.4 Å². The average molecular weight is 564 g/mol. The maximum atomic E-state index is 14.4. The van der Waals surface area contributed by atoms with E-state index in [1.54, 1.807) is 28.7 Å². The Morgan fingerprint density at radius 3 is 2.65 bits per heavy atom. The Morgan fingerprint density at radius 1 is 1.10 bits per heavy atom. The van der Waals surface area contributed by atoms with Crippen LogP contribution < -0.4 is 15.2 Å². The van der Waals surface area contributed by atoms with Gasteiger partial charge in [-0.25, -0.2) is 9.18 Å². The van der Waals surface area contributed by atoms with E-state index in [1.165, 1.54) is 12.1 Å². The molecule has 3 saturated carbocycles. The summed E-state index contributed by atoms with van der Waals surface area (Å²) in [7, 11) is 1.16. The second-order valence-electron chi connectivity index (χ2n) is 10.7. The molecule has 0 spiro atoms. The molecule has 2 bridgehead atoms. The minimum atomic E-state index is -0.968. The summed E-state index contributed by atoms with van der Waals surface area (Å²) in [5.41, 5.74) is 2.10. The quantitative estimate of drug-likeness (QED) is 0.333. The predicted molar refractivity (Wildman–Crippen MR) is 143 cm³/mol. The molecule has 3 heterocycles. The van der Waals surface area contributed by atoms with Crippen LogP contribution in [-0.2, 0) is 15.2 Å². The van der Waals surface area contributed by atoms with Crippen molar-refractivity contribution in [3.63, 3.8) is 0 Å². The van der Waals surface area contributed by atoms with Gasteiger partial charge >= 0.3 is 6.16 Å². The standard InChI is InChI=1S/C29H26FN3O6S/c1-37-28(36)39-16-38-26-22(34)8-9-32-25(26)27(35)31(29-11-17(12-29)13-29)15-33(32)24-20-7-6-19(30)10-18(20)14-40-23-5-3-2-4-21(23)24/h2-10,17,24H,11-16H2,1H3. The van der Waals surface area contributed by atoms with E-state index in [9.17, 15) is 18.8 Å². The number of hydrogen-bond acceptors (Lipinski definition) is 8. The molecule has 1 aromatic heterocycles. The lowest BCUT2D eigenvalue weighted by molar-refractivity contribution is -0.128. The van der Waals surface area contributed by atoms with Gasteiger partial charge in [-0.2, -0.15) is 0 Å². The van der Waals surface area contributed by atoms with Gasteiger partial charge in [-0.05, 0) is 60.1 Å². The van der Waals surface area contributed by atoms with Gasteiger partial charge in [0.2, 0.25) is 18.0 Å². The summed E-state index contributed by atoms with van der Waals surface area (Å²) >= 11 is 1.64. The summed E-state index contributed by atoms with van der Waals surface area (Å²) in [5.74, 6) is 0.394. The minimum absolute atomic E-state index is 0.0648. The topological polar surface area (TPSA) is 90.3 Å². The molecule has 1 amide bonds. The number of halogens is 1. The van der Waals surface area contributed by atoms with Crippen molar-refractivity contribution in [3.8, 4) is 5.75 Å². The second-order valence-corrected chi connectivity index (χ2v) is 11.7. The van der Waals surface area contributed by atoms with Crippen molar-refractivity contribution in [2.75, 3.05) is 25.6 Å². The van der Waals surface area contributed by atoms with E-state index in [2.05, 4.69) is 10.8 Å². The number of carbonyl (C=O) groups is 2. The molecule has 1 atom stereocenters. The number of pyridine rings is 1. The highest BCUT2D eigenvalue weighted by molar-refractivity contribution is 7.98. The number of aromatic nitrogens is 1. The molecule has 0 saturated heterocycles. The van der Waals surface area contributed by atoms with Crippen LogP contribution in [0.4, 0.5) is 9.18 Å². The van der Waals surface area contributed by atoms with Crippen molar-refractivity contribution in [1.82, 2.24) is 9.58 Å². The highest BCUT2D eigenvalue weighted by atomic mass is 32.2. The van der Waals surface area contributed by atoms with Crippen molar-refractivity contribution in [2.24, 2.45) is 5.92 Å². The normalized spacial score (nSPS) is 24.0. The second kappa shape index (κ2) is 9.29. The Labute approximate surface area is 233 Å². The zero-order valence-electron chi connectivity index (χ0n) is 21.7. The lowest BCUT2D eigenvalue weighted by atomic mass is 9.49. The molecular formula is C29H26FN3O6S. The maximum Gasteiger partial charge on any atom is 0.510 e. The fourth-order valence-corrected chi connectivity index (χ4v) is 7.52. The first kappa shape index (κ1) is 25.0. The Morgan fingerprint density at radius 2 is 1.90 bits per heavy atom. The first-order valence-electron chi connectivity index (χ1n) is 13.1. The van der Waals surface area contributed by atoms with Crippen LogP contribution in [0, 0.1) is 11.7 Å². The van der Waals surface area contributed by atoms with Crippen molar-refractivity contribution < 1.29 is 28.2 Å². The van der Waals surface area contributed by atoms with Gasteiger partial charge in [0, 0.05) is 28.5 Å². The molecule has 2 aliphatic heterocycles. The molecule has 8 rings (SSSR count). The van der Waals surface area contributed by atoms with Gasteiger partial charge in [0.25, 0.3) is 5.91 Å². The van der Waals surface area contributed by atoms with Gasteiger partial charge < -0.3 is 19.1 Å². The van der Waals surface area contributed by atoms with Crippen LogP contribution in [0.1, 0.15) is 52.5 Å². The number of fused-ring (bicyclic) bond motifs is 3. The molecule has 11 heteroatoms. The molecule has 1 unspecified atom stereocenters. The maximum absolute atomic E-state index is 14.4. The van der Waals surface area contributed by atoms with Crippen LogP contribution in [0.25, 0.3) is 0 Å². The van der Waals surface area contributed by atoms with Crippen LogP contribution in [0.2, 0.25) is 0 Å². The summed E-state index contributed by atoms with van der Waals surface area (Å²) in [4.78, 5) is 41.6. The average Bonchev–Trinajstić information content (AvgIpc) is 3.06. The number of rotatable bonds is 5. The zero-order valence-corrected chi connectivity index (χ0v) is 22.5. The van der Waals surface area contributed by atoms with Crippen LogP contribution in [0.5, 0.6) is 5.75 Å². The summed E-state index contributed by atoms with van der Waals surface area (Å²) in [5, 5.41) is 2.05. The third-order valence-corrected chi connectivity index (χ3v) is 9.60. The molecule has 5 aliphatic rings. The molecule has 2 aromatic carbocycles. The smallest absolute Gasteiger partial charge is 0.451 e. The predicted octanol–water partition coefficient (Wildman–Crippen LogP) is 4.41. The zero-order chi connectivity index (χ0) is 27.6. The van der Waals surface area contributed by atoms with Crippen LogP contribution in [-0.4, -0.2) is 47.7 Å². The molecule has 40 heavy (non-hydrogen) atoms. The number of carbonyl (C=O) groups excluding carboxylic acids is 2. The Kier molecular flexibility index (Phi) is 5.81. The van der Waals surface area contributed by atoms with Crippen molar-refractivity contribution >= 4 is 23.8 Å². The van der Waals surface area contributed by atoms with Crippen molar-refractivity contribution in [3.05, 3.63) is 93.2 Å². The van der Waals surface area contributed by atoms with E-state index in [4.69, 9.17) is 9.47 Å². The van der Waals surface area contributed by atoms with Gasteiger partial charge in [-0.3, -0.25) is 19.3 Å². The van der Waals surface area contributed by atoms with E-state index in [1.807, 2.05) is 34.2 Å². The molecule has 3 aromatic rings. The molecule has 206 valence electrons. The molecule has 9 nitrogen and oxygen atoms in total. The molecule has 0 radical (unpaired) electrons. The summed E-state index contributed by atoms with van der Waals surface area (Å²) < 4.78 is 31.1. The number of methoxy groups -OCH3 is 1. The first-order chi connectivity index (χ1) is 19.4. The van der Waals surface area contributed by atoms with Gasteiger partial charge in [0.15, 0.2) is 5.69 Å². The number of hydrogen-bond donors (Lipinski definition) is 0. The van der Waals surface area contributed by atoms with Gasteiger partial charge in [-0.1, -0.05) is 24.3 Å². The molecule has 3 fully saturated rings. The SMILES string of the molecule is COC(=O)OCOc1c2n(ccc1=O)N(C1c3ccc(F)cc3CSc3ccccc31)CN(C13CC(C1)C3)C2=O. The van der Waals surface area contributed by atoms with Crippen LogP contribution >= 0.6 is 11.8 Å². The first-order valence-corrected chi connectivity index (χ1v) is 14.1. The third-order valence-electron chi connectivity index (χ3n) is 8.47. The van der Waals surface area contributed by atoms with E-state index >= 15 is 0 Å². The highest BCUT2D eigenvalue weighted by Crippen LogP contribution is 2.61. The largest absolute Gasteiger partial charge is 0.510 e. The molecule has 3 aliphatic carbocycles. The lowest BCUT2D eigenvalue weighted by Crippen LogP contribution is -2.73. The van der Waals surface area contributed by atoms with Gasteiger partial charge in [-0.15, -0.1) is 11.8 Å².